The minimum Gasteiger partial charge on any atom is -0.465 e. The van der Waals surface area contributed by atoms with Gasteiger partial charge in [0.2, 0.25) is 5.13 Å². The fraction of sp³-hybridized carbons (Fsp3) is 0.280. The van der Waals surface area contributed by atoms with Crippen LogP contribution in [0.2, 0.25) is 0 Å². The Balaban J connectivity index is 0.905. The number of ether oxygens (including phenoxy) is 6. The van der Waals surface area contributed by atoms with Crippen LogP contribution in [0.15, 0.2) is 121 Å². The zero-order valence-corrected chi connectivity index (χ0v) is 36.7. The number of nitrogens with zero attached hydrogens (tertiary/aromatic N) is 2. The van der Waals surface area contributed by atoms with Crippen molar-refractivity contribution in [2.75, 3.05) is 12.0 Å². The van der Waals surface area contributed by atoms with Gasteiger partial charge in [-0.05, 0) is 130 Å². The van der Waals surface area contributed by atoms with Gasteiger partial charge in [0.05, 0.1) is 46.7 Å². The van der Waals surface area contributed by atoms with E-state index in [9.17, 15) is 28.8 Å². The highest BCUT2D eigenvalue weighted by molar-refractivity contribution is 7.22. The van der Waals surface area contributed by atoms with E-state index in [4.69, 9.17) is 28.4 Å². The molecule has 0 aliphatic heterocycles. The second-order valence-corrected chi connectivity index (χ2v) is 16.7. The molecule has 1 N–H and O–H groups in total. The van der Waals surface area contributed by atoms with E-state index in [0.717, 1.165) is 27.9 Å². The number of hydrogen-bond acceptors (Lipinski definition) is 16. The van der Waals surface area contributed by atoms with Crippen LogP contribution in [0.4, 0.5) is 5.13 Å². The van der Waals surface area contributed by atoms with E-state index in [1.807, 2.05) is 30.3 Å². The average Bonchev–Trinajstić information content (AvgIpc) is 3.76. The quantitative estimate of drug-likeness (QED) is 0.0306. The minimum absolute atomic E-state index is 0.112. The number of esters is 6. The van der Waals surface area contributed by atoms with Crippen LogP contribution in [0.3, 0.4) is 0 Å². The van der Waals surface area contributed by atoms with Gasteiger partial charge in [0.25, 0.3) is 0 Å². The third kappa shape index (κ3) is 12.8. The first kappa shape index (κ1) is 46.5. The molecule has 2 fully saturated rings. The summed E-state index contributed by atoms with van der Waals surface area (Å²) in [6.45, 7) is 6.84. The smallest absolute Gasteiger partial charge is 0.335 e. The van der Waals surface area contributed by atoms with Crippen molar-refractivity contribution in [1.29, 1.82) is 0 Å². The molecule has 1 aromatic heterocycles. The van der Waals surface area contributed by atoms with Gasteiger partial charge in [-0.1, -0.05) is 42.7 Å². The van der Waals surface area contributed by atoms with E-state index < -0.39 is 35.7 Å². The molecule has 2 aliphatic rings. The molecule has 15 nitrogen and oxygen atoms in total. The van der Waals surface area contributed by atoms with Crippen LogP contribution >= 0.6 is 11.3 Å². The van der Waals surface area contributed by atoms with E-state index in [0.29, 0.717) is 97.2 Å². The van der Waals surface area contributed by atoms with Crippen LogP contribution in [-0.2, 0) is 39.9 Å². The molecule has 1 heterocycles. The number of aromatic nitrogens is 1. The number of nitrogens with one attached hydrogen (secondary N) is 1. The van der Waals surface area contributed by atoms with Crippen LogP contribution in [0, 0.1) is 23.7 Å². The second kappa shape index (κ2) is 22.4. The summed E-state index contributed by atoms with van der Waals surface area (Å²) < 4.78 is 33.9. The van der Waals surface area contributed by atoms with Crippen LogP contribution in [0.5, 0.6) is 28.7 Å². The molecule has 66 heavy (non-hydrogen) atoms. The van der Waals surface area contributed by atoms with Gasteiger partial charge in [-0.2, -0.15) is 5.10 Å². The summed E-state index contributed by atoms with van der Waals surface area (Å²) in [4.78, 5) is 79.9. The van der Waals surface area contributed by atoms with Crippen molar-refractivity contribution in [3.8, 4) is 28.7 Å². The maximum atomic E-state index is 13.5. The van der Waals surface area contributed by atoms with Crippen LogP contribution in [0.25, 0.3) is 10.2 Å². The van der Waals surface area contributed by atoms with Gasteiger partial charge < -0.3 is 28.4 Å². The van der Waals surface area contributed by atoms with Crippen LogP contribution in [-0.4, -0.2) is 53.6 Å². The van der Waals surface area contributed by atoms with Gasteiger partial charge in [0, 0.05) is 24.1 Å². The number of hydrazone groups is 1. The first-order valence-electron chi connectivity index (χ1n) is 21.5. The Labute approximate surface area is 384 Å². The Morgan fingerprint density at radius 3 is 1.58 bits per heavy atom. The van der Waals surface area contributed by atoms with Crippen LogP contribution in [0.1, 0.15) is 62.5 Å². The molecule has 2 aliphatic carbocycles. The van der Waals surface area contributed by atoms with Crippen molar-refractivity contribution >= 4 is 68.7 Å². The first-order valence-corrected chi connectivity index (χ1v) is 22.3. The van der Waals surface area contributed by atoms with Crippen molar-refractivity contribution in [3.63, 3.8) is 0 Å². The maximum absolute atomic E-state index is 13.5. The first-order chi connectivity index (χ1) is 32.0. The lowest BCUT2D eigenvalue weighted by Crippen LogP contribution is -2.30. The molecule has 2 saturated carbocycles. The molecule has 0 saturated heterocycles. The molecule has 5 aromatic rings. The number of carbonyl (C=O) groups is 6. The Morgan fingerprint density at radius 1 is 0.606 bits per heavy atom. The molecule has 0 atom stereocenters. The number of anilines is 1. The number of para-hydroxylation sites is 1. The fourth-order valence-electron chi connectivity index (χ4n) is 7.60. The Bertz CT molecular complexity index is 2570. The summed E-state index contributed by atoms with van der Waals surface area (Å²) in [5.74, 6) is -2.76. The van der Waals surface area contributed by atoms with Gasteiger partial charge in [0.15, 0.2) is 0 Å². The summed E-state index contributed by atoms with van der Waals surface area (Å²) in [5.41, 5.74) is 5.13. The minimum atomic E-state index is -0.598. The predicted molar refractivity (Wildman–Crippen MR) is 244 cm³/mol. The molecular weight excluding hydrogens is 867 g/mol. The predicted octanol–water partition coefficient (Wildman–Crippen LogP) is 8.74. The monoisotopic (exact) mass is 913 g/mol. The third-order valence-corrected chi connectivity index (χ3v) is 12.2. The lowest BCUT2D eigenvalue weighted by molar-refractivity contribution is -0.152. The van der Waals surface area contributed by atoms with Crippen LogP contribution < -0.4 is 29.1 Å². The maximum Gasteiger partial charge on any atom is 0.335 e. The summed E-state index contributed by atoms with van der Waals surface area (Å²) in [5, 5.41) is 4.99. The number of carbonyl (C=O) groups excluding carboxylic acids is 6. The number of fused-ring (bicyclic) bond motifs is 1. The molecule has 0 spiro atoms. The number of hydrogen-bond donors (Lipinski definition) is 1. The highest BCUT2D eigenvalue weighted by atomic mass is 32.1. The summed E-state index contributed by atoms with van der Waals surface area (Å²) in [7, 11) is 0. The van der Waals surface area contributed by atoms with Gasteiger partial charge >= 0.3 is 35.8 Å². The highest BCUT2D eigenvalue weighted by Gasteiger charge is 2.34. The second-order valence-electron chi connectivity index (χ2n) is 15.7. The zero-order valence-electron chi connectivity index (χ0n) is 35.9. The molecule has 0 amide bonds. The van der Waals surface area contributed by atoms with E-state index in [1.165, 1.54) is 59.9 Å². The van der Waals surface area contributed by atoms with Gasteiger partial charge in [-0.3, -0.25) is 24.6 Å². The molecule has 0 radical (unpaired) electrons. The third-order valence-electron chi connectivity index (χ3n) is 11.2. The number of rotatable bonds is 17. The number of thiazole rings is 1. The SMILES string of the molecule is C=CC(=O)Oc1ccc(OC(=O)C2CCC(C(=O)OCCc3ccc(OC(=O)C4CCC(C(=O)Oc5ccc(OC(=O)C=C)cc5)CC4)c(/C=N/Nc4nc5ccccc5s4)c3)CC2)cc1. The van der Waals surface area contributed by atoms with Gasteiger partial charge in [-0.25, -0.2) is 14.6 Å². The van der Waals surface area contributed by atoms with Crippen molar-refractivity contribution < 1.29 is 57.2 Å². The van der Waals surface area contributed by atoms with E-state index in [-0.39, 0.29) is 30.4 Å². The van der Waals surface area contributed by atoms with Crippen molar-refractivity contribution in [2.45, 2.75) is 57.8 Å². The summed E-state index contributed by atoms with van der Waals surface area (Å²) in [6, 6.07) is 25.3. The molecule has 0 unspecified atom stereocenters. The molecule has 4 aromatic carbocycles. The molecule has 16 heteroatoms. The standard InChI is InChI=1S/C50H47N3O12S/c1-3-44(54)61-37-18-22-39(23-19-37)63-47(57)33-12-10-32(11-13-33)46(56)60-28-27-31-9-26-42(36(29-31)30-51-53-50-52-41-7-5-6-8-43(41)66-50)65-49(59)35-16-14-34(15-17-35)48(58)64-40-24-20-38(21-25-40)62-45(55)4-2/h3-9,18-26,29-30,32-35H,1-2,10-17,27-28H2,(H,52,53)/b51-30+. The topological polar surface area (TPSA) is 195 Å². The lowest BCUT2D eigenvalue weighted by Gasteiger charge is -2.26. The lowest BCUT2D eigenvalue weighted by atomic mass is 9.82. The molecule has 0 bridgehead atoms. The van der Waals surface area contributed by atoms with E-state index in [1.54, 1.807) is 18.3 Å². The van der Waals surface area contributed by atoms with Gasteiger partial charge in [-0.15, -0.1) is 0 Å². The summed E-state index contributed by atoms with van der Waals surface area (Å²) in [6.07, 6.45) is 7.69. The Hall–Kier alpha value is -7.46. The molecular formula is C50H47N3O12S. The van der Waals surface area contributed by atoms with Crippen molar-refractivity contribution in [1.82, 2.24) is 4.98 Å². The normalized spacial score (nSPS) is 18.1. The Kier molecular flexibility index (Phi) is 15.8. The molecule has 340 valence electrons. The van der Waals surface area contributed by atoms with E-state index in [2.05, 4.69) is 28.7 Å². The number of benzene rings is 4. The largest absolute Gasteiger partial charge is 0.465 e. The van der Waals surface area contributed by atoms with Crippen molar-refractivity contribution in [3.05, 3.63) is 127 Å². The molecule has 7 rings (SSSR count). The van der Waals surface area contributed by atoms with Gasteiger partial charge in [0.1, 0.15) is 28.7 Å². The highest BCUT2D eigenvalue weighted by Crippen LogP contribution is 2.34. The fourth-order valence-corrected chi connectivity index (χ4v) is 8.41. The van der Waals surface area contributed by atoms with E-state index >= 15 is 0 Å². The summed E-state index contributed by atoms with van der Waals surface area (Å²) >= 11 is 1.44. The zero-order chi connectivity index (χ0) is 46.4. The average molecular weight is 914 g/mol. The Morgan fingerprint density at radius 2 is 1.08 bits per heavy atom. The van der Waals surface area contributed by atoms with Crippen molar-refractivity contribution in [2.24, 2.45) is 28.8 Å².